The predicted octanol–water partition coefficient (Wildman–Crippen LogP) is 16.2. The van der Waals surface area contributed by atoms with Crippen LogP contribution in [0.5, 0.6) is 0 Å². The lowest BCUT2D eigenvalue weighted by atomic mass is 10.1. The summed E-state index contributed by atoms with van der Waals surface area (Å²) in [6.45, 7) is 14.0. The summed E-state index contributed by atoms with van der Waals surface area (Å²) in [5.41, 5.74) is 1.10. The zero-order chi connectivity index (χ0) is 46.5. The highest BCUT2D eigenvalue weighted by Crippen LogP contribution is 2.39. The van der Waals surface area contributed by atoms with Gasteiger partial charge in [0.1, 0.15) is 18.0 Å². The zero-order valence-electron chi connectivity index (χ0n) is 40.7. The Hall–Kier alpha value is -3.57. The van der Waals surface area contributed by atoms with Gasteiger partial charge in [-0.15, -0.1) is 11.8 Å². The van der Waals surface area contributed by atoms with Crippen molar-refractivity contribution in [3.63, 3.8) is 0 Å². The van der Waals surface area contributed by atoms with Crippen LogP contribution in [0.2, 0.25) is 0 Å². The number of esters is 3. The van der Waals surface area contributed by atoms with Gasteiger partial charge in [-0.05, 0) is 109 Å². The maximum atomic E-state index is 12.9. The number of nitrogens with zero attached hydrogens (tertiary/aromatic N) is 1. The van der Waals surface area contributed by atoms with Crippen molar-refractivity contribution in [3.8, 4) is 6.07 Å². The summed E-state index contributed by atoms with van der Waals surface area (Å²) >= 11 is 1.38. The van der Waals surface area contributed by atoms with Crippen LogP contribution in [0.15, 0.2) is 83.9 Å². The maximum Gasteiger partial charge on any atom is 0.306 e. The summed E-state index contributed by atoms with van der Waals surface area (Å²) in [5.74, 6) is -1.24. The standard InChI is InChI=1S/C53H83NO6S.C2H6/c1-5-7-9-11-13-15-17-19-21-23-25-27-29-31-36-40-50(55)58-44-49(45-59-51(56)42-43-53(4,46-54)61-47(3)48-38-34-33-35-39-48)60-52(57)41-37-32-30-28-26-24-22-20-18-16-14-12-10-8-6-2;1-2/h13-16,19-22,33-34,38,49H,3,5-12,17-18,23-32,35-37,39-45H2,1-2,4H3;1-2H3/b15-13+,16-14+,21-19+,22-20+;. The van der Waals surface area contributed by atoms with Gasteiger partial charge < -0.3 is 14.2 Å². The van der Waals surface area contributed by atoms with Gasteiger partial charge in [0.05, 0.1) is 6.07 Å². The summed E-state index contributed by atoms with van der Waals surface area (Å²) in [4.78, 5) is 39.2. The molecule has 0 N–H and O–H groups in total. The molecule has 1 aliphatic rings. The highest BCUT2D eigenvalue weighted by Gasteiger charge is 2.29. The van der Waals surface area contributed by atoms with Crippen molar-refractivity contribution < 1.29 is 28.6 Å². The molecule has 2 atom stereocenters. The molecule has 7 nitrogen and oxygen atoms in total. The topological polar surface area (TPSA) is 103 Å². The van der Waals surface area contributed by atoms with Gasteiger partial charge in [-0.25, -0.2) is 0 Å². The van der Waals surface area contributed by atoms with Crippen LogP contribution >= 0.6 is 11.8 Å². The van der Waals surface area contributed by atoms with E-state index in [2.05, 4.69) is 81.2 Å². The monoisotopic (exact) mass is 892 g/mol. The first-order valence-corrected chi connectivity index (χ1v) is 25.8. The lowest BCUT2D eigenvalue weighted by Gasteiger charge is -2.23. The van der Waals surface area contributed by atoms with Crippen molar-refractivity contribution in [2.75, 3.05) is 13.2 Å². The van der Waals surface area contributed by atoms with E-state index in [1.165, 1.54) is 63.1 Å². The van der Waals surface area contributed by atoms with Gasteiger partial charge in [-0.3, -0.25) is 14.4 Å². The molecule has 0 heterocycles. The van der Waals surface area contributed by atoms with Crippen LogP contribution in [0.25, 0.3) is 0 Å². The lowest BCUT2D eigenvalue weighted by Crippen LogP contribution is -2.31. The van der Waals surface area contributed by atoms with E-state index in [-0.39, 0.29) is 38.4 Å². The Bertz CT molecular complexity index is 1420. The number of carbonyl (C=O) groups excluding carboxylic acids is 3. The lowest BCUT2D eigenvalue weighted by molar-refractivity contribution is -0.167. The highest BCUT2D eigenvalue weighted by molar-refractivity contribution is 8.04. The van der Waals surface area contributed by atoms with Crippen molar-refractivity contribution in [1.82, 2.24) is 0 Å². The van der Waals surface area contributed by atoms with Crippen LogP contribution in [0.3, 0.4) is 0 Å². The normalized spacial score (nSPS) is 14.0. The first-order valence-electron chi connectivity index (χ1n) is 25.0. The Labute approximate surface area is 390 Å². The van der Waals surface area contributed by atoms with E-state index in [0.29, 0.717) is 12.8 Å². The number of carbonyl (C=O) groups is 3. The molecule has 0 aromatic rings. The number of nitriles is 1. The molecule has 0 fully saturated rings. The minimum Gasteiger partial charge on any atom is -0.462 e. The molecule has 0 aliphatic heterocycles. The second-order valence-electron chi connectivity index (χ2n) is 16.5. The van der Waals surface area contributed by atoms with Gasteiger partial charge in [0.15, 0.2) is 6.10 Å². The second kappa shape index (κ2) is 43.7. The summed E-state index contributed by atoms with van der Waals surface area (Å²) in [6.07, 6.45) is 50.1. The van der Waals surface area contributed by atoms with Gasteiger partial charge in [0, 0.05) is 24.2 Å². The van der Waals surface area contributed by atoms with Crippen LogP contribution in [-0.4, -0.2) is 42.0 Å². The van der Waals surface area contributed by atoms with E-state index in [1.54, 1.807) is 6.92 Å². The molecule has 356 valence electrons. The van der Waals surface area contributed by atoms with Crippen molar-refractivity contribution in [3.05, 3.63) is 83.9 Å². The van der Waals surface area contributed by atoms with E-state index in [9.17, 15) is 19.6 Å². The Morgan fingerprint density at radius 2 is 1.13 bits per heavy atom. The van der Waals surface area contributed by atoms with Crippen LogP contribution < -0.4 is 0 Å². The first kappa shape index (κ1) is 59.4. The number of allylic oxidation sites excluding steroid dienone is 12. The fourth-order valence-corrected chi connectivity index (χ4v) is 7.78. The number of hydrogen-bond acceptors (Lipinski definition) is 8. The fourth-order valence-electron chi connectivity index (χ4n) is 6.68. The molecule has 0 aromatic carbocycles. The predicted molar refractivity (Wildman–Crippen MR) is 268 cm³/mol. The molecule has 0 bridgehead atoms. The van der Waals surface area contributed by atoms with Gasteiger partial charge in [-0.2, -0.15) is 5.26 Å². The number of rotatable bonds is 39. The number of hydrogen-bond donors (Lipinski definition) is 0. The van der Waals surface area contributed by atoms with Crippen LogP contribution in [-0.2, 0) is 28.6 Å². The molecular formula is C55H89NO6S. The molecule has 0 saturated carbocycles. The Kier molecular flexibility index (Phi) is 41.2. The summed E-state index contributed by atoms with van der Waals surface area (Å²) in [5, 5.41) is 9.96. The fraction of sp³-hybridized carbons (Fsp3) is 0.673. The van der Waals surface area contributed by atoms with Crippen molar-refractivity contribution in [1.29, 1.82) is 5.26 Å². The Morgan fingerprint density at radius 1 is 0.683 bits per heavy atom. The minimum atomic E-state index is -0.897. The molecule has 1 rings (SSSR count). The van der Waals surface area contributed by atoms with E-state index in [1.807, 2.05) is 26.0 Å². The first-order chi connectivity index (χ1) is 30.7. The Morgan fingerprint density at radius 3 is 1.59 bits per heavy atom. The zero-order valence-corrected chi connectivity index (χ0v) is 41.5. The number of ether oxygens (including phenoxy) is 3. The summed E-state index contributed by atoms with van der Waals surface area (Å²) < 4.78 is 15.9. The number of thioether (sulfide) groups is 1. The average molecular weight is 892 g/mol. The SMILES string of the molecule is C=C(SC(C)(C#N)CCC(=O)OCC(COC(=O)CCCCCCC/C=C/C/C=C/CCCCC)OC(=O)CCCCCCC/C=C/C/C=C/CCCCC)C1=CC=CCC1.CC. The third-order valence-electron chi connectivity index (χ3n) is 10.6. The average Bonchev–Trinajstić information content (AvgIpc) is 3.30. The molecule has 2 unspecified atom stereocenters. The molecule has 63 heavy (non-hydrogen) atoms. The molecule has 1 aliphatic carbocycles. The van der Waals surface area contributed by atoms with Crippen molar-refractivity contribution >= 4 is 29.7 Å². The smallest absolute Gasteiger partial charge is 0.306 e. The second-order valence-corrected chi connectivity index (χ2v) is 18.1. The molecule has 0 radical (unpaired) electrons. The largest absolute Gasteiger partial charge is 0.462 e. The summed E-state index contributed by atoms with van der Waals surface area (Å²) in [7, 11) is 0. The van der Waals surface area contributed by atoms with E-state index >= 15 is 0 Å². The van der Waals surface area contributed by atoms with E-state index in [0.717, 1.165) is 107 Å². The van der Waals surface area contributed by atoms with Crippen molar-refractivity contribution in [2.24, 2.45) is 0 Å². The Balaban J connectivity index is 0.0000189. The van der Waals surface area contributed by atoms with E-state index < -0.39 is 22.8 Å². The van der Waals surface area contributed by atoms with Gasteiger partial charge >= 0.3 is 17.9 Å². The van der Waals surface area contributed by atoms with Crippen molar-refractivity contribution in [2.45, 2.75) is 225 Å². The van der Waals surface area contributed by atoms with Gasteiger partial charge in [0.2, 0.25) is 0 Å². The van der Waals surface area contributed by atoms with Crippen LogP contribution in [0.4, 0.5) is 0 Å². The maximum absolute atomic E-state index is 12.9. The highest BCUT2D eigenvalue weighted by atomic mass is 32.2. The quantitative estimate of drug-likeness (QED) is 0.0260. The van der Waals surface area contributed by atoms with Gasteiger partial charge in [0.25, 0.3) is 0 Å². The summed E-state index contributed by atoms with van der Waals surface area (Å²) in [6, 6.07) is 2.34. The molecule has 0 amide bonds. The van der Waals surface area contributed by atoms with Crippen LogP contribution in [0.1, 0.15) is 214 Å². The molecule has 0 spiro atoms. The number of unbranched alkanes of at least 4 members (excludes halogenated alkanes) is 16. The molecular weight excluding hydrogens is 803 g/mol. The molecule has 8 heteroatoms. The third-order valence-corrected chi connectivity index (χ3v) is 11.8. The van der Waals surface area contributed by atoms with Crippen LogP contribution in [0, 0.1) is 11.3 Å². The minimum absolute atomic E-state index is 0.0164. The molecule has 0 aromatic heterocycles. The van der Waals surface area contributed by atoms with Gasteiger partial charge in [-0.1, -0.05) is 165 Å². The molecule has 0 saturated heterocycles. The third kappa shape index (κ3) is 37.5. The van der Waals surface area contributed by atoms with E-state index in [4.69, 9.17) is 14.2 Å².